The Kier molecular flexibility index (Phi) is 6.21. The molecule has 0 atom stereocenters. The van der Waals surface area contributed by atoms with Crippen LogP contribution < -0.4 is 25.1 Å². The average molecular weight is 410 g/mol. The van der Waals surface area contributed by atoms with Crippen molar-refractivity contribution < 1.29 is 23.8 Å². The average Bonchev–Trinajstić information content (AvgIpc) is 3.21. The van der Waals surface area contributed by atoms with Crippen LogP contribution in [0.5, 0.6) is 17.2 Å². The summed E-state index contributed by atoms with van der Waals surface area (Å²) >= 11 is 0. The minimum absolute atomic E-state index is 0.231. The summed E-state index contributed by atoms with van der Waals surface area (Å²) in [5.74, 6) is 0.0367. The van der Waals surface area contributed by atoms with E-state index in [1.54, 1.807) is 35.1 Å². The third-order valence-electron chi connectivity index (χ3n) is 4.42. The zero-order chi connectivity index (χ0) is 21.7. The number of nitrogens with one attached hydrogen (secondary N) is 2. The summed E-state index contributed by atoms with van der Waals surface area (Å²) in [6.45, 7) is 1.94. The van der Waals surface area contributed by atoms with Crippen LogP contribution in [0.4, 0.5) is 0 Å². The Balaban J connectivity index is 1.69. The number of rotatable bonds is 6. The van der Waals surface area contributed by atoms with Crippen molar-refractivity contribution in [1.29, 1.82) is 0 Å². The van der Waals surface area contributed by atoms with Crippen molar-refractivity contribution in [2.24, 2.45) is 0 Å². The van der Waals surface area contributed by atoms with E-state index in [1.165, 1.54) is 33.5 Å². The first kappa shape index (κ1) is 20.7. The van der Waals surface area contributed by atoms with Crippen molar-refractivity contribution in [3.63, 3.8) is 0 Å². The topological polar surface area (TPSA) is 104 Å². The zero-order valence-electron chi connectivity index (χ0n) is 17.1. The zero-order valence-corrected chi connectivity index (χ0v) is 17.1. The molecule has 3 rings (SSSR count). The Morgan fingerprint density at radius 2 is 1.40 bits per heavy atom. The first-order chi connectivity index (χ1) is 14.5. The summed E-state index contributed by atoms with van der Waals surface area (Å²) in [6, 6.07) is 11.7. The summed E-state index contributed by atoms with van der Waals surface area (Å²) < 4.78 is 17.5. The molecule has 9 nitrogen and oxygen atoms in total. The lowest BCUT2D eigenvalue weighted by Gasteiger charge is -2.14. The van der Waals surface area contributed by atoms with Crippen LogP contribution in [0.1, 0.15) is 26.4 Å². The number of hydrogen-bond donors (Lipinski definition) is 2. The molecule has 1 aromatic heterocycles. The van der Waals surface area contributed by atoms with E-state index in [0.717, 1.165) is 11.4 Å². The van der Waals surface area contributed by atoms with Gasteiger partial charge in [0, 0.05) is 23.0 Å². The van der Waals surface area contributed by atoms with Crippen LogP contribution in [0.2, 0.25) is 0 Å². The third kappa shape index (κ3) is 4.19. The van der Waals surface area contributed by atoms with Crippen LogP contribution >= 0.6 is 0 Å². The molecular weight excluding hydrogens is 388 g/mol. The van der Waals surface area contributed by atoms with Crippen molar-refractivity contribution >= 4 is 11.8 Å². The highest BCUT2D eigenvalue weighted by molar-refractivity contribution is 5.99. The van der Waals surface area contributed by atoms with Crippen LogP contribution in [0.25, 0.3) is 5.69 Å². The molecule has 156 valence electrons. The van der Waals surface area contributed by atoms with E-state index in [4.69, 9.17) is 14.2 Å². The quantitative estimate of drug-likeness (QED) is 0.605. The van der Waals surface area contributed by atoms with Gasteiger partial charge in [0.15, 0.2) is 11.5 Å². The molecule has 0 fully saturated rings. The van der Waals surface area contributed by atoms with Gasteiger partial charge in [-0.25, -0.2) is 4.68 Å². The number of benzene rings is 2. The van der Waals surface area contributed by atoms with Crippen LogP contribution in [0.3, 0.4) is 0 Å². The van der Waals surface area contributed by atoms with Gasteiger partial charge in [-0.15, -0.1) is 0 Å². The van der Waals surface area contributed by atoms with E-state index in [2.05, 4.69) is 16.0 Å². The van der Waals surface area contributed by atoms with Gasteiger partial charge in [-0.3, -0.25) is 20.4 Å². The minimum atomic E-state index is -0.536. The van der Waals surface area contributed by atoms with Crippen LogP contribution in [-0.2, 0) is 0 Å². The van der Waals surface area contributed by atoms with Gasteiger partial charge in [-0.05, 0) is 49.4 Å². The molecule has 0 saturated carbocycles. The standard InChI is InChI=1S/C21H22N4O5/c1-13-9-10-22-25(13)16-7-5-14(6-8-16)20(26)23-24-21(27)15-11-17(28-2)19(30-4)18(12-15)29-3/h5-12H,1-4H3,(H,23,26)(H,24,27). The van der Waals surface area contributed by atoms with E-state index in [9.17, 15) is 9.59 Å². The molecule has 9 heteroatoms. The van der Waals surface area contributed by atoms with Gasteiger partial charge in [-0.1, -0.05) is 0 Å². The molecule has 3 aromatic rings. The van der Waals surface area contributed by atoms with Crippen molar-refractivity contribution in [3.05, 3.63) is 65.5 Å². The predicted octanol–water partition coefficient (Wildman–Crippen LogP) is 2.28. The summed E-state index contributed by atoms with van der Waals surface area (Å²) in [7, 11) is 4.38. The lowest BCUT2D eigenvalue weighted by atomic mass is 10.1. The van der Waals surface area contributed by atoms with Crippen molar-refractivity contribution in [1.82, 2.24) is 20.6 Å². The SMILES string of the molecule is COc1cc(C(=O)NNC(=O)c2ccc(-n3nccc3C)cc2)cc(OC)c1OC. The van der Waals surface area contributed by atoms with Crippen molar-refractivity contribution in [2.75, 3.05) is 21.3 Å². The largest absolute Gasteiger partial charge is 0.493 e. The number of carbonyl (C=O) groups is 2. The van der Waals surface area contributed by atoms with Gasteiger partial charge in [0.2, 0.25) is 5.75 Å². The van der Waals surface area contributed by atoms with Crippen LogP contribution in [0, 0.1) is 6.92 Å². The molecule has 0 aliphatic rings. The van der Waals surface area contributed by atoms with Gasteiger partial charge >= 0.3 is 0 Å². The van der Waals surface area contributed by atoms with Gasteiger partial charge in [0.1, 0.15) is 0 Å². The second-order valence-corrected chi connectivity index (χ2v) is 6.25. The number of carbonyl (C=O) groups excluding carboxylic acids is 2. The maximum atomic E-state index is 12.5. The highest BCUT2D eigenvalue weighted by atomic mass is 16.5. The highest BCUT2D eigenvalue weighted by Crippen LogP contribution is 2.38. The maximum Gasteiger partial charge on any atom is 0.269 e. The maximum absolute atomic E-state index is 12.5. The number of amides is 2. The summed E-state index contributed by atoms with van der Waals surface area (Å²) in [6.07, 6.45) is 1.70. The summed E-state index contributed by atoms with van der Waals surface area (Å²) in [4.78, 5) is 24.8. The molecule has 0 bridgehead atoms. The van der Waals surface area contributed by atoms with Crippen molar-refractivity contribution in [2.45, 2.75) is 6.92 Å². The van der Waals surface area contributed by atoms with Crippen molar-refractivity contribution in [3.8, 4) is 22.9 Å². The Bertz CT molecular complexity index is 1030. The Labute approximate surface area is 173 Å². The molecule has 0 aliphatic heterocycles. The number of hydrazine groups is 1. The van der Waals surface area contributed by atoms with Crippen LogP contribution in [-0.4, -0.2) is 42.9 Å². The second-order valence-electron chi connectivity index (χ2n) is 6.25. The summed E-state index contributed by atoms with van der Waals surface area (Å²) in [5.41, 5.74) is 7.19. The van der Waals surface area contributed by atoms with Crippen LogP contribution in [0.15, 0.2) is 48.7 Å². The third-order valence-corrected chi connectivity index (χ3v) is 4.42. The molecule has 30 heavy (non-hydrogen) atoms. The molecule has 0 radical (unpaired) electrons. The molecular formula is C21H22N4O5. The smallest absolute Gasteiger partial charge is 0.269 e. The second kappa shape index (κ2) is 8.99. The molecule has 1 heterocycles. The molecule has 0 aliphatic carbocycles. The predicted molar refractivity (Wildman–Crippen MR) is 109 cm³/mol. The van der Waals surface area contributed by atoms with Gasteiger partial charge < -0.3 is 14.2 Å². The van der Waals surface area contributed by atoms with E-state index < -0.39 is 11.8 Å². The lowest BCUT2D eigenvalue weighted by Crippen LogP contribution is -2.41. The molecule has 0 unspecified atom stereocenters. The lowest BCUT2D eigenvalue weighted by molar-refractivity contribution is 0.0846. The number of hydrogen-bond acceptors (Lipinski definition) is 6. The number of ether oxygens (including phenoxy) is 3. The van der Waals surface area contributed by atoms with Gasteiger partial charge in [0.25, 0.3) is 11.8 Å². The fourth-order valence-electron chi connectivity index (χ4n) is 2.86. The van der Waals surface area contributed by atoms with E-state index in [1.807, 2.05) is 13.0 Å². The molecule has 2 N–H and O–H groups in total. The minimum Gasteiger partial charge on any atom is -0.493 e. The fourth-order valence-corrected chi connectivity index (χ4v) is 2.86. The molecule has 0 saturated heterocycles. The normalized spacial score (nSPS) is 10.3. The number of aryl methyl sites for hydroxylation is 1. The van der Waals surface area contributed by atoms with Gasteiger partial charge in [0.05, 0.1) is 27.0 Å². The Morgan fingerprint density at radius 1 is 0.833 bits per heavy atom. The van der Waals surface area contributed by atoms with E-state index in [0.29, 0.717) is 22.8 Å². The molecule has 0 spiro atoms. The van der Waals surface area contributed by atoms with Gasteiger partial charge in [-0.2, -0.15) is 5.10 Å². The first-order valence-electron chi connectivity index (χ1n) is 9.00. The molecule has 2 amide bonds. The van der Waals surface area contributed by atoms with E-state index in [-0.39, 0.29) is 5.56 Å². The molecule has 2 aromatic carbocycles. The number of methoxy groups -OCH3 is 3. The monoisotopic (exact) mass is 410 g/mol. The Hall–Kier alpha value is -4.01. The first-order valence-corrected chi connectivity index (χ1v) is 9.00. The van der Waals surface area contributed by atoms with E-state index >= 15 is 0 Å². The Morgan fingerprint density at radius 3 is 1.87 bits per heavy atom. The fraction of sp³-hybridized carbons (Fsp3) is 0.190. The highest BCUT2D eigenvalue weighted by Gasteiger charge is 2.17. The number of nitrogens with zero attached hydrogens (tertiary/aromatic N) is 2. The number of aromatic nitrogens is 2. The summed E-state index contributed by atoms with van der Waals surface area (Å²) in [5, 5.41) is 4.22.